The summed E-state index contributed by atoms with van der Waals surface area (Å²) < 4.78 is 7.55. The molecule has 0 aliphatic carbocycles. The van der Waals surface area contributed by atoms with Crippen LogP contribution in [-0.2, 0) is 4.79 Å². The minimum atomic E-state index is -0.176. The van der Waals surface area contributed by atoms with Crippen molar-refractivity contribution in [1.29, 1.82) is 0 Å². The fraction of sp³-hybridized carbons (Fsp3) is 0.0870. The van der Waals surface area contributed by atoms with Crippen molar-refractivity contribution >= 4 is 23.4 Å². The van der Waals surface area contributed by atoms with Gasteiger partial charge in [-0.25, -0.2) is 4.68 Å². The molecule has 0 fully saturated rings. The Morgan fingerprint density at radius 1 is 0.903 bits per heavy atom. The third-order valence-electron chi connectivity index (χ3n) is 5.02. The van der Waals surface area contributed by atoms with Gasteiger partial charge in [0.05, 0.1) is 22.7 Å². The van der Waals surface area contributed by atoms with E-state index in [0.29, 0.717) is 22.8 Å². The van der Waals surface area contributed by atoms with E-state index in [-0.39, 0.29) is 5.91 Å². The second kappa shape index (κ2) is 7.49. The first-order valence-corrected chi connectivity index (χ1v) is 9.70. The second-order valence-electron chi connectivity index (χ2n) is 7.20. The van der Waals surface area contributed by atoms with E-state index in [1.54, 1.807) is 10.8 Å². The normalized spacial score (nSPS) is 15.0. The van der Waals surface area contributed by atoms with Crippen LogP contribution in [0.1, 0.15) is 18.2 Å². The predicted molar refractivity (Wildman–Crippen MR) is 117 cm³/mol. The van der Waals surface area contributed by atoms with Gasteiger partial charge < -0.3 is 4.42 Å². The number of hydrogen-bond donors (Lipinski definition) is 0. The molecular weight excluding hydrogens is 392 g/mol. The Labute approximate surface area is 178 Å². The number of furan rings is 1. The Kier molecular flexibility index (Phi) is 4.51. The summed E-state index contributed by atoms with van der Waals surface area (Å²) in [5.41, 5.74) is 4.78. The molecule has 0 unspecified atom stereocenters. The van der Waals surface area contributed by atoms with Crippen molar-refractivity contribution in [3.8, 4) is 17.0 Å². The van der Waals surface area contributed by atoms with Crippen LogP contribution in [0, 0.1) is 6.92 Å². The summed E-state index contributed by atoms with van der Waals surface area (Å²) in [7, 11) is 0. The molecule has 1 amide bonds. The first-order chi connectivity index (χ1) is 15.1. The Hall–Kier alpha value is -4.33. The number of aryl methyl sites for hydroxylation is 1. The highest BCUT2D eigenvalue weighted by atomic mass is 16.3. The van der Waals surface area contributed by atoms with Crippen LogP contribution in [0.2, 0.25) is 0 Å². The molecule has 0 bridgehead atoms. The predicted octanol–water partition coefficient (Wildman–Crippen LogP) is 4.04. The second-order valence-corrected chi connectivity index (χ2v) is 7.20. The molecular formula is C23H18N6O2. The van der Waals surface area contributed by atoms with Gasteiger partial charge in [-0.1, -0.05) is 17.7 Å². The average molecular weight is 410 g/mol. The number of tetrazole rings is 1. The van der Waals surface area contributed by atoms with E-state index in [1.165, 1.54) is 11.3 Å². The van der Waals surface area contributed by atoms with Crippen molar-refractivity contribution in [3.05, 3.63) is 83.9 Å². The topological polar surface area (TPSA) is 89.4 Å². The lowest BCUT2D eigenvalue weighted by Gasteiger charge is -2.11. The van der Waals surface area contributed by atoms with Gasteiger partial charge >= 0.3 is 0 Å². The minimum Gasteiger partial charge on any atom is -0.457 e. The summed E-state index contributed by atoms with van der Waals surface area (Å²) in [4.78, 5) is 12.9. The lowest BCUT2D eigenvalue weighted by atomic mass is 10.1. The molecule has 0 radical (unpaired) electrons. The zero-order valence-corrected chi connectivity index (χ0v) is 16.9. The van der Waals surface area contributed by atoms with Crippen LogP contribution in [-0.4, -0.2) is 31.8 Å². The molecule has 31 heavy (non-hydrogen) atoms. The molecule has 2 aromatic heterocycles. The van der Waals surface area contributed by atoms with E-state index in [0.717, 1.165) is 22.5 Å². The van der Waals surface area contributed by atoms with E-state index >= 15 is 0 Å². The number of carbonyl (C=O) groups excluding carboxylic acids is 1. The van der Waals surface area contributed by atoms with Crippen molar-refractivity contribution < 1.29 is 9.21 Å². The van der Waals surface area contributed by atoms with E-state index in [9.17, 15) is 4.79 Å². The summed E-state index contributed by atoms with van der Waals surface area (Å²) in [6.07, 6.45) is 3.27. The molecule has 4 aromatic rings. The molecule has 0 spiro atoms. The fourth-order valence-corrected chi connectivity index (χ4v) is 3.33. The molecule has 0 atom stereocenters. The van der Waals surface area contributed by atoms with E-state index in [2.05, 4.69) is 20.6 Å². The Morgan fingerprint density at radius 2 is 1.65 bits per heavy atom. The standard InChI is InChI=1S/C23H18N6O2/c1-15-3-7-19(8-4-15)29-23(30)21(16(2)25-29)13-20-11-12-22(31-20)17-5-9-18(10-6-17)28-14-24-26-27-28/h3-14H,1-2H3/b21-13-. The Balaban J connectivity index is 1.38. The maximum absolute atomic E-state index is 12.9. The number of nitrogens with zero attached hydrogens (tertiary/aromatic N) is 6. The maximum Gasteiger partial charge on any atom is 0.280 e. The monoisotopic (exact) mass is 410 g/mol. The number of amides is 1. The summed E-state index contributed by atoms with van der Waals surface area (Å²) in [6, 6.07) is 19.1. The molecule has 5 rings (SSSR count). The van der Waals surface area contributed by atoms with Gasteiger partial charge in [0.1, 0.15) is 17.8 Å². The number of hydrogen-bond acceptors (Lipinski definition) is 6. The van der Waals surface area contributed by atoms with Gasteiger partial charge in [-0.2, -0.15) is 10.1 Å². The van der Waals surface area contributed by atoms with Gasteiger partial charge in [0.15, 0.2) is 0 Å². The quantitative estimate of drug-likeness (QED) is 0.474. The van der Waals surface area contributed by atoms with E-state index in [4.69, 9.17) is 4.42 Å². The highest BCUT2D eigenvalue weighted by molar-refractivity contribution is 6.32. The highest BCUT2D eigenvalue weighted by Crippen LogP contribution is 2.28. The highest BCUT2D eigenvalue weighted by Gasteiger charge is 2.29. The van der Waals surface area contributed by atoms with E-state index < -0.39 is 0 Å². The fourth-order valence-electron chi connectivity index (χ4n) is 3.33. The van der Waals surface area contributed by atoms with Crippen molar-refractivity contribution in [3.63, 3.8) is 0 Å². The van der Waals surface area contributed by atoms with Crippen LogP contribution < -0.4 is 5.01 Å². The minimum absolute atomic E-state index is 0.176. The van der Waals surface area contributed by atoms with Crippen molar-refractivity contribution in [2.24, 2.45) is 5.10 Å². The van der Waals surface area contributed by atoms with Crippen LogP contribution in [0.3, 0.4) is 0 Å². The number of rotatable bonds is 4. The van der Waals surface area contributed by atoms with Gasteiger partial charge in [-0.05, 0) is 78.9 Å². The third-order valence-corrected chi connectivity index (χ3v) is 5.02. The smallest absolute Gasteiger partial charge is 0.280 e. The number of hydrazone groups is 1. The van der Waals surface area contributed by atoms with Gasteiger partial charge in [-0.3, -0.25) is 4.79 Å². The molecule has 8 nitrogen and oxygen atoms in total. The number of aromatic nitrogens is 4. The van der Waals surface area contributed by atoms with Crippen LogP contribution in [0.5, 0.6) is 0 Å². The molecule has 0 saturated carbocycles. The van der Waals surface area contributed by atoms with Gasteiger partial charge in [0.25, 0.3) is 5.91 Å². The first kappa shape index (κ1) is 18.7. The summed E-state index contributed by atoms with van der Waals surface area (Å²) in [5.74, 6) is 1.11. The number of benzene rings is 2. The van der Waals surface area contributed by atoms with E-state index in [1.807, 2.05) is 74.5 Å². The zero-order valence-electron chi connectivity index (χ0n) is 16.9. The molecule has 1 aliphatic rings. The molecule has 0 N–H and O–H groups in total. The molecule has 8 heteroatoms. The third kappa shape index (κ3) is 3.55. The molecule has 1 aliphatic heterocycles. The van der Waals surface area contributed by atoms with Gasteiger partial charge in [0, 0.05) is 5.56 Å². The lowest BCUT2D eigenvalue weighted by Crippen LogP contribution is -2.21. The van der Waals surface area contributed by atoms with Crippen LogP contribution in [0.25, 0.3) is 23.1 Å². The van der Waals surface area contributed by atoms with Crippen molar-refractivity contribution in [2.45, 2.75) is 13.8 Å². The lowest BCUT2D eigenvalue weighted by molar-refractivity contribution is -0.114. The van der Waals surface area contributed by atoms with Crippen LogP contribution in [0.15, 0.2) is 82.1 Å². The van der Waals surface area contributed by atoms with Crippen LogP contribution in [0.4, 0.5) is 5.69 Å². The first-order valence-electron chi connectivity index (χ1n) is 9.70. The zero-order chi connectivity index (χ0) is 21.4. The van der Waals surface area contributed by atoms with Crippen molar-refractivity contribution in [2.75, 3.05) is 5.01 Å². The Bertz CT molecular complexity index is 1300. The maximum atomic E-state index is 12.9. The summed E-state index contributed by atoms with van der Waals surface area (Å²) in [5, 5.41) is 17.0. The van der Waals surface area contributed by atoms with Gasteiger partial charge in [0.2, 0.25) is 0 Å². The SMILES string of the molecule is CC1=NN(c2ccc(C)cc2)C(=O)/C1=C\c1ccc(-c2ccc(-n3cnnn3)cc2)o1. The number of carbonyl (C=O) groups is 1. The molecule has 152 valence electrons. The Morgan fingerprint density at radius 3 is 2.35 bits per heavy atom. The number of anilines is 1. The molecule has 3 heterocycles. The summed E-state index contributed by atoms with van der Waals surface area (Å²) in [6.45, 7) is 3.82. The van der Waals surface area contributed by atoms with Gasteiger partial charge in [-0.15, -0.1) is 5.10 Å². The molecule has 0 saturated heterocycles. The summed E-state index contributed by atoms with van der Waals surface area (Å²) >= 11 is 0. The van der Waals surface area contributed by atoms with Crippen LogP contribution >= 0.6 is 0 Å². The largest absolute Gasteiger partial charge is 0.457 e. The average Bonchev–Trinajstić information content (AvgIpc) is 3.53. The molecule has 2 aromatic carbocycles. The van der Waals surface area contributed by atoms with Crippen molar-refractivity contribution in [1.82, 2.24) is 20.2 Å².